The van der Waals surface area contributed by atoms with Crippen LogP contribution in [0.3, 0.4) is 0 Å². The summed E-state index contributed by atoms with van der Waals surface area (Å²) in [5.41, 5.74) is 3.86. The van der Waals surface area contributed by atoms with Crippen molar-refractivity contribution in [3.8, 4) is 0 Å². The van der Waals surface area contributed by atoms with Gasteiger partial charge in [0.25, 0.3) is 15.3 Å². The largest absolute Gasteiger partial charge is 0.339 e. The molecule has 0 fully saturated rings. The van der Waals surface area contributed by atoms with Crippen LogP contribution in [0.25, 0.3) is 0 Å². The second-order valence-corrected chi connectivity index (χ2v) is 9.13. The highest BCUT2D eigenvalue weighted by Crippen LogP contribution is 2.29. The molecule has 0 heterocycles. The quantitative estimate of drug-likeness (QED) is 0.778. The van der Waals surface area contributed by atoms with Gasteiger partial charge < -0.3 is 4.90 Å². The van der Waals surface area contributed by atoms with Gasteiger partial charge in [0.1, 0.15) is 0 Å². The van der Waals surface area contributed by atoms with Crippen LogP contribution in [0.4, 0.5) is 10.5 Å². The summed E-state index contributed by atoms with van der Waals surface area (Å²) in [5, 5.41) is -0.0835. The van der Waals surface area contributed by atoms with E-state index in [4.69, 9.17) is 0 Å². The standard InChI is InChI=1S/C19H24N2O3S2/c1-12-11-13(2)15(4)18(14(12)3)26(23,24)20-16-7-9-17(10-8-16)25-19(22)21(5)6/h7-11,20H,1-6H3. The minimum atomic E-state index is -3.70. The average molecular weight is 393 g/mol. The zero-order valence-corrected chi connectivity index (χ0v) is 17.5. The Kier molecular flexibility index (Phi) is 6.03. The zero-order chi connectivity index (χ0) is 19.6. The third-order valence-electron chi connectivity index (χ3n) is 4.24. The maximum Gasteiger partial charge on any atom is 0.285 e. The number of aryl methyl sites for hydroxylation is 2. The molecule has 0 saturated heterocycles. The lowest BCUT2D eigenvalue weighted by atomic mass is 10.0. The van der Waals surface area contributed by atoms with Gasteiger partial charge in [0, 0.05) is 24.7 Å². The highest BCUT2D eigenvalue weighted by Gasteiger charge is 2.22. The van der Waals surface area contributed by atoms with Crippen LogP contribution in [0.1, 0.15) is 22.3 Å². The molecular weight excluding hydrogens is 368 g/mol. The van der Waals surface area contributed by atoms with E-state index in [1.54, 1.807) is 38.4 Å². The Bertz CT molecular complexity index is 908. The molecule has 5 nitrogen and oxygen atoms in total. The van der Waals surface area contributed by atoms with Crippen molar-refractivity contribution in [2.45, 2.75) is 37.5 Å². The van der Waals surface area contributed by atoms with Crippen molar-refractivity contribution in [1.29, 1.82) is 0 Å². The van der Waals surface area contributed by atoms with Gasteiger partial charge in [0.05, 0.1) is 4.90 Å². The second kappa shape index (κ2) is 7.72. The summed E-state index contributed by atoms with van der Waals surface area (Å²) >= 11 is 1.09. The molecule has 140 valence electrons. The lowest BCUT2D eigenvalue weighted by molar-refractivity contribution is 0.241. The van der Waals surface area contributed by atoms with E-state index in [0.29, 0.717) is 10.6 Å². The Hall–Kier alpha value is -1.99. The van der Waals surface area contributed by atoms with Crippen molar-refractivity contribution in [1.82, 2.24) is 4.90 Å². The molecule has 0 saturated carbocycles. The second-order valence-electron chi connectivity index (χ2n) is 6.48. The summed E-state index contributed by atoms with van der Waals surface area (Å²) in [6.45, 7) is 7.47. The number of nitrogens with zero attached hydrogens (tertiary/aromatic N) is 1. The summed E-state index contributed by atoms with van der Waals surface area (Å²) in [4.78, 5) is 14.3. The van der Waals surface area contributed by atoms with E-state index in [0.717, 1.165) is 38.9 Å². The Balaban J connectivity index is 2.30. The van der Waals surface area contributed by atoms with Gasteiger partial charge in [0.15, 0.2) is 0 Å². The molecule has 0 spiro atoms. The number of rotatable bonds is 4. The van der Waals surface area contributed by atoms with Crippen molar-refractivity contribution >= 4 is 32.7 Å². The SMILES string of the molecule is Cc1cc(C)c(C)c(S(=O)(=O)Nc2ccc(SC(=O)N(C)C)cc2)c1C. The minimum Gasteiger partial charge on any atom is -0.339 e. The predicted molar refractivity (Wildman–Crippen MR) is 108 cm³/mol. The van der Waals surface area contributed by atoms with E-state index in [1.807, 2.05) is 33.8 Å². The number of hydrogen-bond acceptors (Lipinski definition) is 4. The molecule has 0 aliphatic carbocycles. The van der Waals surface area contributed by atoms with E-state index in [1.165, 1.54) is 4.90 Å². The molecule has 26 heavy (non-hydrogen) atoms. The molecule has 0 aliphatic rings. The summed E-state index contributed by atoms with van der Waals surface area (Å²) in [7, 11) is -0.327. The van der Waals surface area contributed by atoms with Crippen LogP contribution < -0.4 is 4.72 Å². The highest BCUT2D eigenvalue weighted by atomic mass is 32.2. The molecule has 0 aromatic heterocycles. The molecule has 2 aromatic rings. The molecule has 0 bridgehead atoms. The van der Waals surface area contributed by atoms with E-state index in [9.17, 15) is 13.2 Å². The van der Waals surface area contributed by atoms with Gasteiger partial charge in [-0.1, -0.05) is 6.07 Å². The van der Waals surface area contributed by atoms with Gasteiger partial charge in [-0.25, -0.2) is 8.42 Å². The number of carbonyl (C=O) groups is 1. The maximum atomic E-state index is 12.9. The number of hydrogen-bond donors (Lipinski definition) is 1. The van der Waals surface area contributed by atoms with Crippen molar-refractivity contribution < 1.29 is 13.2 Å². The van der Waals surface area contributed by atoms with Gasteiger partial charge in [-0.05, 0) is 86.0 Å². The van der Waals surface area contributed by atoms with Gasteiger partial charge >= 0.3 is 0 Å². The number of sulfonamides is 1. The van der Waals surface area contributed by atoms with E-state index in [-0.39, 0.29) is 5.24 Å². The first-order chi connectivity index (χ1) is 12.0. The third kappa shape index (κ3) is 4.40. The molecule has 7 heteroatoms. The van der Waals surface area contributed by atoms with Gasteiger partial charge in [-0.2, -0.15) is 0 Å². The van der Waals surface area contributed by atoms with Gasteiger partial charge in [-0.3, -0.25) is 9.52 Å². The zero-order valence-electron chi connectivity index (χ0n) is 15.9. The van der Waals surface area contributed by atoms with Crippen LogP contribution in [0.2, 0.25) is 0 Å². The molecule has 0 unspecified atom stereocenters. The average Bonchev–Trinajstić information content (AvgIpc) is 2.54. The Morgan fingerprint density at radius 2 is 1.46 bits per heavy atom. The lowest BCUT2D eigenvalue weighted by Gasteiger charge is -2.17. The first-order valence-electron chi connectivity index (χ1n) is 8.12. The monoisotopic (exact) mass is 392 g/mol. The molecular formula is C19H24N2O3S2. The molecule has 0 radical (unpaired) electrons. The van der Waals surface area contributed by atoms with Crippen molar-refractivity contribution in [3.63, 3.8) is 0 Å². The van der Waals surface area contributed by atoms with Gasteiger partial charge in [0.2, 0.25) is 0 Å². The first-order valence-corrected chi connectivity index (χ1v) is 10.4. The molecule has 0 atom stereocenters. The number of benzene rings is 2. The summed E-state index contributed by atoms with van der Waals surface area (Å²) in [6, 6.07) is 8.78. The fourth-order valence-corrected chi connectivity index (χ4v) is 4.91. The first kappa shape index (κ1) is 20.3. The van der Waals surface area contributed by atoms with E-state index >= 15 is 0 Å². The highest BCUT2D eigenvalue weighted by molar-refractivity contribution is 8.13. The molecule has 2 rings (SSSR count). The Morgan fingerprint density at radius 3 is 1.92 bits per heavy atom. The summed E-state index contributed by atoms with van der Waals surface area (Å²) in [6.07, 6.45) is 0. The van der Waals surface area contributed by atoms with Crippen molar-refractivity contribution in [2.75, 3.05) is 18.8 Å². The number of thioether (sulfide) groups is 1. The van der Waals surface area contributed by atoms with Crippen LogP contribution in [-0.2, 0) is 10.0 Å². The predicted octanol–water partition coefficient (Wildman–Crippen LogP) is 4.49. The number of carbonyl (C=O) groups excluding carboxylic acids is 1. The van der Waals surface area contributed by atoms with Crippen LogP contribution in [0.5, 0.6) is 0 Å². The van der Waals surface area contributed by atoms with Crippen molar-refractivity contribution in [2.24, 2.45) is 0 Å². The summed E-state index contributed by atoms with van der Waals surface area (Å²) < 4.78 is 28.5. The van der Waals surface area contributed by atoms with Crippen LogP contribution in [0.15, 0.2) is 40.1 Å². The third-order valence-corrected chi connectivity index (χ3v) is 6.94. The number of amides is 1. The molecule has 1 amide bonds. The Labute approximate surface area is 159 Å². The molecule has 0 aliphatic heterocycles. The van der Waals surface area contributed by atoms with Gasteiger partial charge in [-0.15, -0.1) is 0 Å². The van der Waals surface area contributed by atoms with Crippen LogP contribution in [0, 0.1) is 27.7 Å². The maximum absolute atomic E-state index is 12.9. The van der Waals surface area contributed by atoms with E-state index in [2.05, 4.69) is 4.72 Å². The molecule has 1 N–H and O–H groups in total. The fourth-order valence-electron chi connectivity index (χ4n) is 2.57. The van der Waals surface area contributed by atoms with E-state index < -0.39 is 10.0 Å². The molecule has 2 aromatic carbocycles. The lowest BCUT2D eigenvalue weighted by Crippen LogP contribution is -2.17. The van der Waals surface area contributed by atoms with Crippen LogP contribution >= 0.6 is 11.8 Å². The number of anilines is 1. The van der Waals surface area contributed by atoms with Crippen molar-refractivity contribution in [3.05, 3.63) is 52.6 Å². The minimum absolute atomic E-state index is 0.0835. The van der Waals surface area contributed by atoms with Crippen LogP contribution in [-0.4, -0.2) is 32.7 Å². The topological polar surface area (TPSA) is 66.5 Å². The fraction of sp³-hybridized carbons (Fsp3) is 0.316. The number of nitrogens with one attached hydrogen (secondary N) is 1. The normalized spacial score (nSPS) is 11.3. The summed E-state index contributed by atoms with van der Waals surface area (Å²) in [5.74, 6) is 0. The smallest absolute Gasteiger partial charge is 0.285 e. The Morgan fingerprint density at radius 1 is 0.962 bits per heavy atom.